The second kappa shape index (κ2) is 9.64. The summed E-state index contributed by atoms with van der Waals surface area (Å²) >= 11 is 7.69. The minimum atomic E-state index is -0.000927. The lowest BCUT2D eigenvalue weighted by molar-refractivity contribution is 0.0827. The Morgan fingerprint density at radius 1 is 1.03 bits per heavy atom. The molecule has 0 saturated heterocycles. The van der Waals surface area contributed by atoms with Gasteiger partial charge in [-0.15, -0.1) is 10.2 Å². The topological polar surface area (TPSA) is 54.3 Å². The van der Waals surface area contributed by atoms with Gasteiger partial charge in [-0.25, -0.2) is 0 Å². The molecule has 0 fully saturated rings. The van der Waals surface area contributed by atoms with Crippen LogP contribution in [0.5, 0.6) is 0 Å². The van der Waals surface area contributed by atoms with E-state index in [1.54, 1.807) is 30.8 Å². The summed E-state index contributed by atoms with van der Waals surface area (Å²) in [6, 6.07) is 15.5. The molecule has 1 atom stereocenters. The number of carbonyl (C=O) groups excluding carboxylic acids is 1. The van der Waals surface area contributed by atoms with Crippen LogP contribution in [-0.2, 0) is 5.75 Å². The summed E-state index contributed by atoms with van der Waals surface area (Å²) in [6.07, 6.45) is 0. The standard InChI is InChI=1S/C22H26ClN5OS/c1-15(26(2)3)20-24-25-22(28(20)19-12-10-18(23)11-13-19)30-14-16-6-8-17(9-7-16)21(29)27(4)5/h6-13,15H,14H2,1-5H3. The van der Waals surface area contributed by atoms with E-state index in [1.807, 2.05) is 62.6 Å². The third-order valence-corrected chi connectivity index (χ3v) is 6.12. The second-order valence-electron chi connectivity index (χ2n) is 7.48. The Kier molecular flexibility index (Phi) is 7.18. The smallest absolute Gasteiger partial charge is 0.253 e. The molecule has 0 radical (unpaired) electrons. The van der Waals surface area contributed by atoms with Gasteiger partial charge in [0.25, 0.3) is 5.91 Å². The van der Waals surface area contributed by atoms with Crippen LogP contribution in [-0.4, -0.2) is 58.7 Å². The summed E-state index contributed by atoms with van der Waals surface area (Å²) in [5.74, 6) is 1.59. The van der Waals surface area contributed by atoms with Crippen molar-refractivity contribution in [2.45, 2.75) is 23.9 Å². The van der Waals surface area contributed by atoms with Crippen molar-refractivity contribution < 1.29 is 4.79 Å². The molecule has 0 aliphatic heterocycles. The minimum absolute atomic E-state index is 0.000927. The molecular formula is C22H26ClN5OS. The number of aromatic nitrogens is 3. The van der Waals surface area contributed by atoms with Crippen LogP contribution in [0.15, 0.2) is 53.7 Å². The number of carbonyl (C=O) groups is 1. The molecule has 0 bridgehead atoms. The molecule has 0 N–H and O–H groups in total. The summed E-state index contributed by atoms with van der Waals surface area (Å²) in [4.78, 5) is 15.7. The van der Waals surface area contributed by atoms with E-state index < -0.39 is 0 Å². The molecular weight excluding hydrogens is 418 g/mol. The predicted octanol–water partition coefficient (Wildman–Crippen LogP) is 4.54. The molecule has 3 aromatic rings. The van der Waals surface area contributed by atoms with E-state index in [-0.39, 0.29) is 11.9 Å². The monoisotopic (exact) mass is 443 g/mol. The predicted molar refractivity (Wildman–Crippen MR) is 122 cm³/mol. The Labute approximate surface area is 186 Å². The molecule has 0 saturated carbocycles. The van der Waals surface area contributed by atoms with E-state index in [9.17, 15) is 4.79 Å². The maximum absolute atomic E-state index is 12.1. The van der Waals surface area contributed by atoms with Gasteiger partial charge in [0.1, 0.15) is 0 Å². The molecule has 1 amide bonds. The Hall–Kier alpha value is -2.35. The highest BCUT2D eigenvalue weighted by atomic mass is 35.5. The van der Waals surface area contributed by atoms with Crippen molar-refractivity contribution in [2.75, 3.05) is 28.2 Å². The fraction of sp³-hybridized carbons (Fsp3) is 0.318. The van der Waals surface area contributed by atoms with Gasteiger partial charge >= 0.3 is 0 Å². The first-order valence-corrected chi connectivity index (χ1v) is 11.0. The number of amides is 1. The summed E-state index contributed by atoms with van der Waals surface area (Å²) in [5, 5.41) is 10.4. The van der Waals surface area contributed by atoms with Crippen LogP contribution in [0.3, 0.4) is 0 Å². The molecule has 1 heterocycles. The maximum atomic E-state index is 12.1. The van der Waals surface area contributed by atoms with Gasteiger partial charge in [-0.3, -0.25) is 14.3 Å². The third kappa shape index (κ3) is 5.03. The molecule has 6 nitrogen and oxygen atoms in total. The maximum Gasteiger partial charge on any atom is 0.253 e. The molecule has 0 aliphatic carbocycles. The molecule has 2 aromatic carbocycles. The number of thioether (sulfide) groups is 1. The molecule has 8 heteroatoms. The first-order chi connectivity index (χ1) is 14.3. The van der Waals surface area contributed by atoms with Gasteiger partial charge in [-0.1, -0.05) is 35.5 Å². The van der Waals surface area contributed by atoms with Crippen LogP contribution in [0.25, 0.3) is 5.69 Å². The van der Waals surface area contributed by atoms with E-state index in [4.69, 9.17) is 11.6 Å². The summed E-state index contributed by atoms with van der Waals surface area (Å²) in [7, 11) is 7.55. The highest BCUT2D eigenvalue weighted by Crippen LogP contribution is 2.29. The van der Waals surface area contributed by atoms with Crippen LogP contribution in [0.1, 0.15) is 34.7 Å². The van der Waals surface area contributed by atoms with Crippen molar-refractivity contribution in [3.05, 3.63) is 70.5 Å². The Balaban J connectivity index is 1.85. The number of halogens is 1. The SMILES string of the molecule is CC(c1nnc(SCc2ccc(C(=O)N(C)C)cc2)n1-c1ccc(Cl)cc1)N(C)C. The average molecular weight is 444 g/mol. The molecule has 1 aromatic heterocycles. The van der Waals surface area contributed by atoms with Crippen molar-refractivity contribution in [1.29, 1.82) is 0 Å². The van der Waals surface area contributed by atoms with Crippen LogP contribution in [0.2, 0.25) is 5.02 Å². The fourth-order valence-corrected chi connectivity index (χ4v) is 3.90. The van der Waals surface area contributed by atoms with Gasteiger partial charge in [-0.05, 0) is 63.0 Å². The van der Waals surface area contributed by atoms with Gasteiger partial charge in [0.05, 0.1) is 6.04 Å². The van der Waals surface area contributed by atoms with Crippen molar-refractivity contribution in [3.8, 4) is 5.69 Å². The van der Waals surface area contributed by atoms with E-state index in [0.29, 0.717) is 10.6 Å². The Morgan fingerprint density at radius 2 is 1.67 bits per heavy atom. The van der Waals surface area contributed by atoms with Crippen LogP contribution < -0.4 is 0 Å². The first kappa shape index (κ1) is 22.3. The van der Waals surface area contributed by atoms with Crippen molar-refractivity contribution in [2.24, 2.45) is 0 Å². The van der Waals surface area contributed by atoms with E-state index in [1.165, 1.54) is 0 Å². The number of nitrogens with zero attached hydrogens (tertiary/aromatic N) is 5. The van der Waals surface area contributed by atoms with Crippen LogP contribution in [0, 0.1) is 0 Å². The molecule has 30 heavy (non-hydrogen) atoms. The largest absolute Gasteiger partial charge is 0.345 e. The number of hydrogen-bond acceptors (Lipinski definition) is 5. The van der Waals surface area contributed by atoms with Gasteiger partial charge in [0.15, 0.2) is 11.0 Å². The molecule has 158 valence electrons. The van der Waals surface area contributed by atoms with Crippen molar-refractivity contribution in [1.82, 2.24) is 24.6 Å². The fourth-order valence-electron chi connectivity index (χ4n) is 2.86. The van der Waals surface area contributed by atoms with Gasteiger partial charge in [0.2, 0.25) is 0 Å². The molecule has 1 unspecified atom stereocenters. The van der Waals surface area contributed by atoms with E-state index in [0.717, 1.165) is 28.0 Å². The zero-order valence-corrected chi connectivity index (χ0v) is 19.4. The van der Waals surface area contributed by atoms with Gasteiger partial charge < -0.3 is 4.90 Å². The van der Waals surface area contributed by atoms with Crippen molar-refractivity contribution >= 4 is 29.3 Å². The third-order valence-electron chi connectivity index (χ3n) is 4.87. The summed E-state index contributed by atoms with van der Waals surface area (Å²) in [5.41, 5.74) is 2.77. The van der Waals surface area contributed by atoms with Crippen LogP contribution in [0.4, 0.5) is 0 Å². The van der Waals surface area contributed by atoms with Gasteiger partial charge in [0, 0.05) is 36.1 Å². The van der Waals surface area contributed by atoms with E-state index in [2.05, 4.69) is 26.6 Å². The number of benzene rings is 2. The molecule has 3 rings (SSSR count). The Bertz CT molecular complexity index is 999. The number of hydrogen-bond donors (Lipinski definition) is 0. The van der Waals surface area contributed by atoms with Gasteiger partial charge in [-0.2, -0.15) is 0 Å². The lowest BCUT2D eigenvalue weighted by Crippen LogP contribution is -2.21. The van der Waals surface area contributed by atoms with Crippen molar-refractivity contribution in [3.63, 3.8) is 0 Å². The highest BCUT2D eigenvalue weighted by Gasteiger charge is 2.21. The zero-order valence-electron chi connectivity index (χ0n) is 17.8. The molecule has 0 spiro atoms. The first-order valence-electron chi connectivity index (χ1n) is 9.59. The Morgan fingerprint density at radius 3 is 2.23 bits per heavy atom. The molecule has 0 aliphatic rings. The quantitative estimate of drug-likeness (QED) is 0.502. The van der Waals surface area contributed by atoms with Crippen LogP contribution >= 0.6 is 23.4 Å². The minimum Gasteiger partial charge on any atom is -0.345 e. The number of rotatable bonds is 7. The second-order valence-corrected chi connectivity index (χ2v) is 8.86. The lowest BCUT2D eigenvalue weighted by Gasteiger charge is -2.20. The van der Waals surface area contributed by atoms with E-state index >= 15 is 0 Å². The summed E-state index contributed by atoms with van der Waals surface area (Å²) in [6.45, 7) is 2.10. The summed E-state index contributed by atoms with van der Waals surface area (Å²) < 4.78 is 2.08. The lowest BCUT2D eigenvalue weighted by atomic mass is 10.1. The highest BCUT2D eigenvalue weighted by molar-refractivity contribution is 7.98. The average Bonchev–Trinajstić information content (AvgIpc) is 3.15. The zero-order chi connectivity index (χ0) is 21.8. The normalized spacial score (nSPS) is 12.2.